The molecule has 3 N–H and O–H groups in total. The minimum Gasteiger partial charge on any atom is -0.378 e. The van der Waals surface area contributed by atoms with Crippen LogP contribution in [0, 0.1) is 0 Å². The van der Waals surface area contributed by atoms with Crippen LogP contribution in [0.2, 0.25) is 0 Å². The van der Waals surface area contributed by atoms with E-state index in [4.69, 9.17) is 31.5 Å². The van der Waals surface area contributed by atoms with Gasteiger partial charge in [-0.1, -0.05) is 0 Å². The van der Waals surface area contributed by atoms with E-state index in [1.807, 2.05) is 0 Å². The van der Waals surface area contributed by atoms with Crippen LogP contribution in [0.25, 0.3) is 0 Å². The molecule has 0 heterocycles. The Labute approximate surface area is 107 Å². The fourth-order valence-corrected chi connectivity index (χ4v) is 1.03. The predicted octanol–water partition coefficient (Wildman–Crippen LogP) is -0.650. The number of halogens is 1. The zero-order valence-corrected chi connectivity index (χ0v) is 10.7. The van der Waals surface area contributed by atoms with E-state index in [1.54, 1.807) is 0 Å². The van der Waals surface area contributed by atoms with Crippen molar-refractivity contribution in [2.45, 2.75) is 0 Å². The second-order valence-corrected chi connectivity index (χ2v) is 3.38. The molecule has 0 aliphatic rings. The molecule has 0 aromatic heterocycles. The van der Waals surface area contributed by atoms with E-state index in [0.717, 1.165) is 0 Å². The van der Waals surface area contributed by atoms with E-state index in [-0.39, 0.29) is 11.8 Å². The van der Waals surface area contributed by atoms with Gasteiger partial charge in [-0.25, -0.2) is 0 Å². The molecule has 0 saturated heterocycles. The number of hydrogen-bond acceptors (Lipinski definition) is 5. The van der Waals surface area contributed by atoms with Crippen LogP contribution in [0.5, 0.6) is 0 Å². The molecule has 102 valence electrons. The zero-order chi connectivity index (χ0) is 12.8. The first-order chi connectivity index (χ1) is 8.31. The summed E-state index contributed by atoms with van der Waals surface area (Å²) < 4.78 is 15.6. The van der Waals surface area contributed by atoms with Crippen LogP contribution in [0.15, 0.2) is 0 Å². The van der Waals surface area contributed by atoms with Gasteiger partial charge in [0.25, 0.3) is 0 Å². The lowest BCUT2D eigenvalue weighted by atomic mass is 10.6. The van der Waals surface area contributed by atoms with E-state index in [9.17, 15) is 4.79 Å². The topological polar surface area (TPSA) is 82.8 Å². The van der Waals surface area contributed by atoms with Gasteiger partial charge in [-0.05, 0) is 0 Å². The number of alkyl halides is 1. The lowest BCUT2D eigenvalue weighted by Gasteiger charge is -2.06. The van der Waals surface area contributed by atoms with Crippen molar-refractivity contribution < 1.29 is 19.0 Å². The van der Waals surface area contributed by atoms with Crippen molar-refractivity contribution in [3.63, 3.8) is 0 Å². The highest BCUT2D eigenvalue weighted by atomic mass is 35.5. The molecule has 0 fully saturated rings. The zero-order valence-electron chi connectivity index (χ0n) is 9.95. The van der Waals surface area contributed by atoms with Gasteiger partial charge in [0, 0.05) is 13.1 Å². The molecule has 0 bridgehead atoms. The molecule has 0 spiro atoms. The number of carbonyl (C=O) groups excluding carboxylic acids is 1. The lowest BCUT2D eigenvalue weighted by Crippen LogP contribution is -2.28. The van der Waals surface area contributed by atoms with Crippen molar-refractivity contribution >= 4 is 17.5 Å². The predicted molar refractivity (Wildman–Crippen MR) is 65.2 cm³/mol. The average Bonchev–Trinajstić information content (AvgIpc) is 2.35. The molecule has 0 saturated carbocycles. The smallest absolute Gasteiger partial charge is 0.235 e. The quantitative estimate of drug-likeness (QED) is 0.363. The molecule has 6 nitrogen and oxygen atoms in total. The van der Waals surface area contributed by atoms with Crippen molar-refractivity contribution in [3.8, 4) is 0 Å². The maximum Gasteiger partial charge on any atom is 0.235 e. The Bertz CT molecular complexity index is 184. The van der Waals surface area contributed by atoms with E-state index < -0.39 is 0 Å². The highest BCUT2D eigenvalue weighted by molar-refractivity contribution is 6.27. The molecular formula is C10H21ClN2O4. The van der Waals surface area contributed by atoms with Crippen LogP contribution in [0.3, 0.4) is 0 Å². The third kappa shape index (κ3) is 13.5. The molecule has 0 atom stereocenters. The fraction of sp³-hybridized carbons (Fsp3) is 0.900. The standard InChI is InChI=1S/C10H21ClN2O4/c11-9-10(14)13-2-4-16-6-8-17-7-5-15-3-1-12/h1-9,12H2,(H,13,14). The van der Waals surface area contributed by atoms with E-state index >= 15 is 0 Å². The Morgan fingerprint density at radius 3 is 2.06 bits per heavy atom. The number of amides is 1. The molecular weight excluding hydrogens is 248 g/mol. The second-order valence-electron chi connectivity index (χ2n) is 3.11. The second kappa shape index (κ2) is 13.7. The van der Waals surface area contributed by atoms with Gasteiger partial charge in [0.2, 0.25) is 5.91 Å². The van der Waals surface area contributed by atoms with Gasteiger partial charge in [-0.15, -0.1) is 11.6 Å². The number of hydrogen-bond donors (Lipinski definition) is 2. The van der Waals surface area contributed by atoms with Crippen LogP contribution in [-0.4, -0.2) is 64.5 Å². The van der Waals surface area contributed by atoms with Gasteiger partial charge >= 0.3 is 0 Å². The summed E-state index contributed by atoms with van der Waals surface area (Å²) in [5.41, 5.74) is 5.24. The van der Waals surface area contributed by atoms with Crippen molar-refractivity contribution in [2.24, 2.45) is 5.73 Å². The summed E-state index contributed by atoms with van der Waals surface area (Å²) in [5, 5.41) is 2.59. The van der Waals surface area contributed by atoms with Crippen LogP contribution < -0.4 is 11.1 Å². The normalized spacial score (nSPS) is 10.5. The monoisotopic (exact) mass is 268 g/mol. The number of carbonyl (C=O) groups is 1. The first-order valence-corrected chi connectivity index (χ1v) is 6.10. The minimum absolute atomic E-state index is 0.0219. The number of rotatable bonds is 12. The first kappa shape index (κ1) is 16.6. The number of nitrogens with two attached hydrogens (primary N) is 1. The highest BCUT2D eigenvalue weighted by Crippen LogP contribution is 1.81. The average molecular weight is 269 g/mol. The Kier molecular flexibility index (Phi) is 13.3. The Balaban J connectivity index is 2.96. The van der Waals surface area contributed by atoms with Crippen molar-refractivity contribution in [2.75, 3.05) is 58.6 Å². The molecule has 0 aliphatic carbocycles. The lowest BCUT2D eigenvalue weighted by molar-refractivity contribution is -0.118. The Hall–Kier alpha value is -0.400. The Morgan fingerprint density at radius 1 is 1.00 bits per heavy atom. The summed E-state index contributed by atoms with van der Waals surface area (Å²) in [5.74, 6) is -0.213. The van der Waals surface area contributed by atoms with Crippen LogP contribution in [-0.2, 0) is 19.0 Å². The molecule has 17 heavy (non-hydrogen) atoms. The molecule has 0 radical (unpaired) electrons. The summed E-state index contributed by atoms with van der Waals surface area (Å²) >= 11 is 5.29. The third-order valence-corrected chi connectivity index (χ3v) is 1.94. The fourth-order valence-electron chi connectivity index (χ4n) is 0.935. The molecule has 0 unspecified atom stereocenters. The molecule has 1 amide bonds. The van der Waals surface area contributed by atoms with E-state index in [2.05, 4.69) is 5.32 Å². The SMILES string of the molecule is NCCOCCOCCOCCNC(=O)CCl. The third-order valence-electron chi connectivity index (χ3n) is 1.70. The van der Waals surface area contributed by atoms with E-state index in [1.165, 1.54) is 0 Å². The van der Waals surface area contributed by atoms with Crippen molar-refractivity contribution in [1.82, 2.24) is 5.32 Å². The van der Waals surface area contributed by atoms with Crippen molar-refractivity contribution in [1.29, 1.82) is 0 Å². The van der Waals surface area contributed by atoms with Crippen LogP contribution >= 0.6 is 11.6 Å². The number of nitrogens with one attached hydrogen (secondary N) is 1. The number of ether oxygens (including phenoxy) is 3. The van der Waals surface area contributed by atoms with Crippen LogP contribution in [0.1, 0.15) is 0 Å². The summed E-state index contributed by atoms with van der Waals surface area (Å²) in [7, 11) is 0. The van der Waals surface area contributed by atoms with Crippen molar-refractivity contribution in [3.05, 3.63) is 0 Å². The maximum atomic E-state index is 10.7. The van der Waals surface area contributed by atoms with Gasteiger partial charge in [-0.2, -0.15) is 0 Å². The molecule has 0 aromatic rings. The molecule has 0 aromatic carbocycles. The van der Waals surface area contributed by atoms with E-state index in [0.29, 0.717) is 52.7 Å². The largest absolute Gasteiger partial charge is 0.378 e. The summed E-state index contributed by atoms with van der Waals surface area (Å²) in [6.07, 6.45) is 0. The van der Waals surface area contributed by atoms with Gasteiger partial charge in [-0.3, -0.25) is 4.79 Å². The summed E-state index contributed by atoms with van der Waals surface area (Å²) in [6, 6.07) is 0. The van der Waals surface area contributed by atoms with Gasteiger partial charge in [0.15, 0.2) is 0 Å². The highest BCUT2D eigenvalue weighted by Gasteiger charge is 1.96. The molecule has 0 rings (SSSR count). The maximum absolute atomic E-state index is 10.7. The van der Waals surface area contributed by atoms with Gasteiger partial charge in [0.05, 0.1) is 39.6 Å². The summed E-state index contributed by atoms with van der Waals surface area (Å²) in [6.45, 7) is 4.08. The first-order valence-electron chi connectivity index (χ1n) is 5.57. The van der Waals surface area contributed by atoms with Gasteiger partial charge < -0.3 is 25.3 Å². The molecule has 0 aliphatic heterocycles. The van der Waals surface area contributed by atoms with Crippen LogP contribution in [0.4, 0.5) is 0 Å². The Morgan fingerprint density at radius 2 is 1.53 bits per heavy atom. The molecule has 7 heteroatoms. The van der Waals surface area contributed by atoms with Gasteiger partial charge in [0.1, 0.15) is 5.88 Å². The minimum atomic E-state index is -0.191. The summed E-state index contributed by atoms with van der Waals surface area (Å²) in [4.78, 5) is 10.7.